The van der Waals surface area contributed by atoms with E-state index in [0.29, 0.717) is 23.7 Å². The molecule has 0 aliphatic heterocycles. The maximum Gasteiger partial charge on any atom is 0.242 e. The number of nitrogens with one attached hydrogen (secondary N) is 1. The van der Waals surface area contributed by atoms with Gasteiger partial charge in [0.1, 0.15) is 6.04 Å². The molecule has 0 spiro atoms. The van der Waals surface area contributed by atoms with Crippen molar-refractivity contribution < 1.29 is 18.0 Å². The first-order valence-corrected chi connectivity index (χ1v) is 14.4. The van der Waals surface area contributed by atoms with Gasteiger partial charge in [-0.25, -0.2) is 8.42 Å². The lowest BCUT2D eigenvalue weighted by Gasteiger charge is -2.29. The van der Waals surface area contributed by atoms with Crippen molar-refractivity contribution >= 4 is 55.1 Å². The molecule has 0 aliphatic rings. The summed E-state index contributed by atoms with van der Waals surface area (Å²) in [6, 6.07) is 13.4. The van der Waals surface area contributed by atoms with E-state index in [1.165, 1.54) is 4.31 Å². The molecule has 1 N–H and O–H groups in total. The van der Waals surface area contributed by atoms with Crippen LogP contribution in [0.2, 0.25) is 5.02 Å². The van der Waals surface area contributed by atoms with Crippen LogP contribution in [0.25, 0.3) is 0 Å². The van der Waals surface area contributed by atoms with Crippen LogP contribution in [0.3, 0.4) is 0 Å². The summed E-state index contributed by atoms with van der Waals surface area (Å²) in [5, 5.41) is 3.40. The highest BCUT2D eigenvalue weighted by Gasteiger charge is 2.26. The van der Waals surface area contributed by atoms with E-state index in [9.17, 15) is 18.0 Å². The zero-order chi connectivity index (χ0) is 26.2. The molecule has 2 amide bonds. The molecule has 2 aromatic carbocycles. The molecule has 192 valence electrons. The molecule has 35 heavy (non-hydrogen) atoms. The topological polar surface area (TPSA) is 86.8 Å². The van der Waals surface area contributed by atoms with E-state index >= 15 is 0 Å². The van der Waals surface area contributed by atoms with Gasteiger partial charge in [0.15, 0.2) is 0 Å². The molecule has 0 radical (unpaired) electrons. The van der Waals surface area contributed by atoms with Gasteiger partial charge in [-0.1, -0.05) is 53.5 Å². The second-order valence-electron chi connectivity index (χ2n) is 8.88. The maximum atomic E-state index is 13.3. The van der Waals surface area contributed by atoms with E-state index < -0.39 is 16.1 Å². The van der Waals surface area contributed by atoms with E-state index in [2.05, 4.69) is 21.2 Å². The SMILES string of the molecule is CC(C)CNC(=O)[C@H](C)N(Cc1cccc(Br)c1)C(=O)CCCN(c1ccc(Cl)cc1)S(C)(=O)=O. The average Bonchev–Trinajstić information content (AvgIpc) is 2.78. The van der Waals surface area contributed by atoms with Gasteiger partial charge < -0.3 is 10.2 Å². The van der Waals surface area contributed by atoms with Gasteiger partial charge in [0.25, 0.3) is 0 Å². The molecule has 0 aromatic heterocycles. The van der Waals surface area contributed by atoms with Crippen molar-refractivity contribution in [2.45, 2.75) is 46.2 Å². The Hall–Kier alpha value is -2.10. The number of benzene rings is 2. The minimum Gasteiger partial charge on any atom is -0.354 e. The van der Waals surface area contributed by atoms with Gasteiger partial charge in [-0.3, -0.25) is 13.9 Å². The largest absolute Gasteiger partial charge is 0.354 e. The first-order valence-electron chi connectivity index (χ1n) is 11.4. The predicted molar refractivity (Wildman–Crippen MR) is 145 cm³/mol. The number of anilines is 1. The Kier molecular flexibility index (Phi) is 11.0. The van der Waals surface area contributed by atoms with Crippen LogP contribution in [0, 0.1) is 5.92 Å². The van der Waals surface area contributed by atoms with Crippen molar-refractivity contribution in [2.75, 3.05) is 23.7 Å². The molecule has 0 unspecified atom stereocenters. The lowest BCUT2D eigenvalue weighted by Crippen LogP contribution is -2.48. The van der Waals surface area contributed by atoms with Crippen LogP contribution in [-0.2, 0) is 26.2 Å². The lowest BCUT2D eigenvalue weighted by atomic mass is 10.1. The summed E-state index contributed by atoms with van der Waals surface area (Å²) >= 11 is 9.37. The molecule has 2 aromatic rings. The highest BCUT2D eigenvalue weighted by molar-refractivity contribution is 9.10. The molecule has 1 atom stereocenters. The molecule has 10 heteroatoms. The van der Waals surface area contributed by atoms with Gasteiger partial charge in [-0.05, 0) is 61.2 Å². The van der Waals surface area contributed by atoms with Crippen molar-refractivity contribution in [1.82, 2.24) is 10.2 Å². The first-order chi connectivity index (χ1) is 16.4. The second-order valence-corrected chi connectivity index (χ2v) is 12.1. The fraction of sp³-hybridized carbons (Fsp3) is 0.440. The standard InChI is InChI=1S/C25H33BrClN3O4S/c1-18(2)16-28-25(32)19(3)29(17-20-7-5-8-21(26)15-20)24(31)9-6-14-30(35(4,33)34)23-12-10-22(27)11-13-23/h5,7-8,10-13,15,18-19H,6,9,14,16-17H2,1-4H3,(H,28,32)/t19-/m0/s1. The summed E-state index contributed by atoms with van der Waals surface area (Å²) in [4.78, 5) is 27.6. The normalized spacial score (nSPS) is 12.3. The lowest BCUT2D eigenvalue weighted by molar-refractivity contribution is -0.140. The van der Waals surface area contributed by atoms with Crippen LogP contribution in [0.5, 0.6) is 0 Å². The van der Waals surface area contributed by atoms with Crippen LogP contribution in [-0.4, -0.2) is 50.5 Å². The van der Waals surface area contributed by atoms with Crippen LogP contribution in [0.4, 0.5) is 5.69 Å². The van der Waals surface area contributed by atoms with Gasteiger partial charge in [-0.2, -0.15) is 0 Å². The van der Waals surface area contributed by atoms with Gasteiger partial charge >= 0.3 is 0 Å². The summed E-state index contributed by atoms with van der Waals surface area (Å²) in [7, 11) is -3.55. The number of hydrogen-bond acceptors (Lipinski definition) is 4. The Morgan fingerprint density at radius 1 is 1.09 bits per heavy atom. The van der Waals surface area contributed by atoms with Crippen molar-refractivity contribution in [3.05, 3.63) is 63.6 Å². The predicted octanol–water partition coefficient (Wildman–Crippen LogP) is 4.84. The van der Waals surface area contributed by atoms with E-state index in [1.54, 1.807) is 36.1 Å². The molecular weight excluding hydrogens is 554 g/mol. The fourth-order valence-corrected chi connectivity index (χ4v) is 5.02. The van der Waals surface area contributed by atoms with Crippen molar-refractivity contribution in [3.63, 3.8) is 0 Å². The Morgan fingerprint density at radius 2 is 1.74 bits per heavy atom. The summed E-state index contributed by atoms with van der Waals surface area (Å²) in [5.74, 6) is -0.155. The Labute approximate surface area is 222 Å². The number of rotatable bonds is 12. The average molecular weight is 587 g/mol. The zero-order valence-electron chi connectivity index (χ0n) is 20.5. The van der Waals surface area contributed by atoms with E-state index in [0.717, 1.165) is 16.3 Å². The molecule has 7 nitrogen and oxygen atoms in total. The minimum atomic E-state index is -3.55. The van der Waals surface area contributed by atoms with Gasteiger partial charge in [0.05, 0.1) is 11.9 Å². The first kappa shape index (κ1) is 29.1. The quantitative estimate of drug-likeness (QED) is 0.386. The van der Waals surface area contributed by atoms with Crippen LogP contribution in [0.1, 0.15) is 39.2 Å². The van der Waals surface area contributed by atoms with E-state index in [1.807, 2.05) is 38.1 Å². The number of carbonyl (C=O) groups excluding carboxylic acids is 2. The Bertz CT molecular complexity index is 1110. The zero-order valence-corrected chi connectivity index (χ0v) is 23.7. The number of halogens is 2. The third-order valence-electron chi connectivity index (χ3n) is 5.36. The summed E-state index contributed by atoms with van der Waals surface area (Å²) < 4.78 is 26.9. The van der Waals surface area contributed by atoms with Crippen LogP contribution >= 0.6 is 27.5 Å². The second kappa shape index (κ2) is 13.3. The van der Waals surface area contributed by atoms with Crippen molar-refractivity contribution in [1.29, 1.82) is 0 Å². The molecule has 0 bridgehead atoms. The third-order valence-corrected chi connectivity index (χ3v) is 7.30. The maximum absolute atomic E-state index is 13.3. The fourth-order valence-electron chi connectivity index (χ4n) is 3.48. The highest BCUT2D eigenvalue weighted by atomic mass is 79.9. The van der Waals surface area contributed by atoms with Gasteiger partial charge in [-0.15, -0.1) is 0 Å². The molecule has 0 fully saturated rings. The molecule has 0 saturated carbocycles. The van der Waals surface area contributed by atoms with Gasteiger partial charge in [0.2, 0.25) is 21.8 Å². The number of hydrogen-bond donors (Lipinski definition) is 1. The minimum absolute atomic E-state index is 0.0927. The number of carbonyl (C=O) groups is 2. The smallest absolute Gasteiger partial charge is 0.242 e. The van der Waals surface area contributed by atoms with E-state index in [4.69, 9.17) is 11.6 Å². The molecular formula is C25H33BrClN3O4S. The van der Waals surface area contributed by atoms with Crippen LogP contribution in [0.15, 0.2) is 53.0 Å². The molecule has 0 aliphatic carbocycles. The Balaban J connectivity index is 2.15. The molecule has 0 heterocycles. The number of nitrogens with zero attached hydrogens (tertiary/aromatic N) is 2. The number of sulfonamides is 1. The number of amides is 2. The van der Waals surface area contributed by atoms with Crippen molar-refractivity contribution in [2.24, 2.45) is 5.92 Å². The third kappa shape index (κ3) is 9.46. The van der Waals surface area contributed by atoms with Crippen LogP contribution < -0.4 is 9.62 Å². The molecule has 2 rings (SSSR count). The highest BCUT2D eigenvalue weighted by Crippen LogP contribution is 2.22. The summed E-state index contributed by atoms with van der Waals surface area (Å²) in [6.07, 6.45) is 1.52. The molecule has 0 saturated heterocycles. The van der Waals surface area contributed by atoms with E-state index in [-0.39, 0.29) is 37.2 Å². The summed E-state index contributed by atoms with van der Waals surface area (Å²) in [5.41, 5.74) is 1.37. The monoisotopic (exact) mass is 585 g/mol. The van der Waals surface area contributed by atoms with Gasteiger partial charge in [0, 0.05) is 35.6 Å². The summed E-state index contributed by atoms with van der Waals surface area (Å²) in [6.45, 7) is 6.63. The van der Waals surface area contributed by atoms with Crippen molar-refractivity contribution in [3.8, 4) is 0 Å². The Morgan fingerprint density at radius 3 is 2.31 bits per heavy atom.